The minimum absolute atomic E-state index is 0.113. The van der Waals surface area contributed by atoms with Crippen LogP contribution < -0.4 is 0 Å². The summed E-state index contributed by atoms with van der Waals surface area (Å²) < 4.78 is 36.1. The van der Waals surface area contributed by atoms with Crippen molar-refractivity contribution in [3.05, 3.63) is 65.7 Å². The third-order valence-electron chi connectivity index (χ3n) is 4.47. The van der Waals surface area contributed by atoms with Gasteiger partial charge in [-0.25, -0.2) is 4.79 Å². The van der Waals surface area contributed by atoms with Gasteiger partial charge in [0.2, 0.25) is 0 Å². The van der Waals surface area contributed by atoms with Crippen LogP contribution in [0.4, 0.5) is 0 Å². The summed E-state index contributed by atoms with van der Waals surface area (Å²) in [6.07, 6.45) is 1.61. The van der Waals surface area contributed by atoms with E-state index in [0.29, 0.717) is 18.4 Å². The number of carbonyl (C=O) groups excluding carboxylic acids is 1. The van der Waals surface area contributed by atoms with Crippen LogP contribution in [0.5, 0.6) is 0 Å². The number of carbonyl (C=O) groups is 1. The lowest BCUT2D eigenvalue weighted by Gasteiger charge is -2.30. The molecule has 0 N–H and O–H groups in total. The summed E-state index contributed by atoms with van der Waals surface area (Å²) in [5.41, 5.74) is 1.41. The second kappa shape index (κ2) is 8.01. The fourth-order valence-electron chi connectivity index (χ4n) is 3.01. The molecule has 0 aromatic heterocycles. The number of benzene rings is 2. The van der Waals surface area contributed by atoms with Crippen LogP contribution in [0.1, 0.15) is 41.6 Å². The van der Waals surface area contributed by atoms with Gasteiger partial charge in [-0.2, -0.15) is 8.42 Å². The number of ether oxygens (including phenoxy) is 1. The average molecular weight is 374 g/mol. The number of rotatable bonds is 5. The van der Waals surface area contributed by atoms with Crippen LogP contribution >= 0.6 is 0 Å². The Balaban J connectivity index is 1.72. The predicted molar refractivity (Wildman–Crippen MR) is 97.4 cm³/mol. The van der Waals surface area contributed by atoms with Crippen molar-refractivity contribution in [2.24, 2.45) is 0 Å². The molecule has 3 rings (SSSR count). The van der Waals surface area contributed by atoms with E-state index in [0.717, 1.165) is 18.4 Å². The Morgan fingerprint density at radius 1 is 0.923 bits per heavy atom. The summed E-state index contributed by atoms with van der Waals surface area (Å²) >= 11 is 0. The molecule has 0 heterocycles. The molecule has 2 atom stereocenters. The molecule has 0 saturated heterocycles. The third kappa shape index (κ3) is 4.51. The Morgan fingerprint density at radius 3 is 2.19 bits per heavy atom. The quantitative estimate of drug-likeness (QED) is 0.587. The highest BCUT2D eigenvalue weighted by Gasteiger charge is 2.33. The van der Waals surface area contributed by atoms with Crippen molar-refractivity contribution in [2.45, 2.75) is 49.7 Å². The fraction of sp³-hybridized carbons (Fsp3) is 0.350. The van der Waals surface area contributed by atoms with Crippen LogP contribution in [0, 0.1) is 6.92 Å². The molecule has 0 amide bonds. The van der Waals surface area contributed by atoms with E-state index in [1.165, 1.54) is 12.1 Å². The lowest BCUT2D eigenvalue weighted by Crippen LogP contribution is -2.37. The van der Waals surface area contributed by atoms with Crippen LogP contribution in [-0.2, 0) is 19.0 Å². The predicted octanol–water partition coefficient (Wildman–Crippen LogP) is 3.87. The fourth-order valence-corrected chi connectivity index (χ4v) is 4.14. The first-order valence-electron chi connectivity index (χ1n) is 8.72. The highest BCUT2D eigenvalue weighted by Crippen LogP contribution is 2.28. The van der Waals surface area contributed by atoms with Crippen LogP contribution in [0.25, 0.3) is 0 Å². The maximum absolute atomic E-state index is 12.6. The molecule has 0 unspecified atom stereocenters. The molecule has 2 aromatic rings. The number of hydrogen-bond donors (Lipinski definition) is 0. The summed E-state index contributed by atoms with van der Waals surface area (Å²) in [5.74, 6) is -0.459. The molecule has 5 nitrogen and oxygen atoms in total. The summed E-state index contributed by atoms with van der Waals surface area (Å²) in [6, 6.07) is 15.2. The standard InChI is InChI=1S/C20H22O5S/c1-15-11-13-17(14-12-15)26(22,23)25-19-10-6-5-9-18(19)24-20(21)16-7-3-2-4-8-16/h2-4,7-8,11-14,18-19H,5-6,9-10H2,1H3/t18-,19+/m1/s1. The van der Waals surface area contributed by atoms with Crippen molar-refractivity contribution in [3.8, 4) is 0 Å². The van der Waals surface area contributed by atoms with E-state index in [1.54, 1.807) is 36.4 Å². The Labute approximate surface area is 154 Å². The Hall–Kier alpha value is -2.18. The van der Waals surface area contributed by atoms with E-state index in [1.807, 2.05) is 13.0 Å². The van der Waals surface area contributed by atoms with Gasteiger partial charge in [0.05, 0.1) is 10.5 Å². The van der Waals surface area contributed by atoms with Gasteiger partial charge in [0, 0.05) is 0 Å². The third-order valence-corrected chi connectivity index (χ3v) is 5.82. The number of aryl methyl sites for hydroxylation is 1. The van der Waals surface area contributed by atoms with Crippen molar-refractivity contribution in [2.75, 3.05) is 0 Å². The summed E-state index contributed by atoms with van der Waals surface area (Å²) in [4.78, 5) is 12.4. The van der Waals surface area contributed by atoms with Gasteiger partial charge in [0.1, 0.15) is 12.2 Å². The SMILES string of the molecule is Cc1ccc(S(=O)(=O)O[C@H]2CCCC[C@H]2OC(=O)c2ccccc2)cc1. The molecular weight excluding hydrogens is 352 g/mol. The maximum Gasteiger partial charge on any atom is 0.338 e. The second-order valence-corrected chi connectivity index (χ2v) is 8.07. The molecule has 0 aliphatic heterocycles. The molecule has 0 bridgehead atoms. The molecule has 1 aliphatic rings. The van der Waals surface area contributed by atoms with Gasteiger partial charge >= 0.3 is 5.97 Å². The van der Waals surface area contributed by atoms with Gasteiger partial charge in [-0.1, -0.05) is 42.3 Å². The lowest BCUT2D eigenvalue weighted by molar-refractivity contribution is -0.0244. The Bertz CT molecular complexity index is 844. The Kier molecular flexibility index (Phi) is 5.74. The van der Waals surface area contributed by atoms with Crippen molar-refractivity contribution < 1.29 is 22.1 Å². The number of esters is 1. The average Bonchev–Trinajstić information content (AvgIpc) is 2.64. The number of hydrogen-bond acceptors (Lipinski definition) is 5. The van der Waals surface area contributed by atoms with Gasteiger partial charge in [0.15, 0.2) is 0 Å². The lowest BCUT2D eigenvalue weighted by atomic mass is 9.95. The van der Waals surface area contributed by atoms with Crippen LogP contribution in [-0.4, -0.2) is 26.6 Å². The molecule has 1 aliphatic carbocycles. The molecule has 6 heteroatoms. The first kappa shape index (κ1) is 18.6. The molecule has 26 heavy (non-hydrogen) atoms. The highest BCUT2D eigenvalue weighted by molar-refractivity contribution is 7.86. The van der Waals surface area contributed by atoms with E-state index in [9.17, 15) is 13.2 Å². The molecule has 1 saturated carbocycles. The van der Waals surface area contributed by atoms with Crippen molar-refractivity contribution >= 4 is 16.1 Å². The largest absolute Gasteiger partial charge is 0.456 e. The maximum atomic E-state index is 12.6. The van der Waals surface area contributed by atoms with Crippen molar-refractivity contribution in [3.63, 3.8) is 0 Å². The molecule has 2 aromatic carbocycles. The van der Waals surface area contributed by atoms with E-state index >= 15 is 0 Å². The summed E-state index contributed by atoms with van der Waals surface area (Å²) in [6.45, 7) is 1.89. The molecular formula is C20H22O5S. The van der Waals surface area contributed by atoms with Gasteiger partial charge in [-0.05, 0) is 50.5 Å². The smallest absolute Gasteiger partial charge is 0.338 e. The van der Waals surface area contributed by atoms with Crippen LogP contribution in [0.2, 0.25) is 0 Å². The topological polar surface area (TPSA) is 69.7 Å². The van der Waals surface area contributed by atoms with E-state index in [4.69, 9.17) is 8.92 Å². The highest BCUT2D eigenvalue weighted by atomic mass is 32.2. The zero-order valence-corrected chi connectivity index (χ0v) is 15.4. The summed E-state index contributed by atoms with van der Waals surface area (Å²) in [7, 11) is -3.90. The first-order valence-corrected chi connectivity index (χ1v) is 10.1. The molecule has 0 spiro atoms. The van der Waals surface area contributed by atoms with Gasteiger partial charge in [0.25, 0.3) is 10.1 Å². The Morgan fingerprint density at radius 2 is 1.54 bits per heavy atom. The van der Waals surface area contributed by atoms with Crippen LogP contribution in [0.15, 0.2) is 59.5 Å². The molecule has 0 radical (unpaired) electrons. The van der Waals surface area contributed by atoms with Crippen molar-refractivity contribution in [1.82, 2.24) is 0 Å². The second-order valence-electron chi connectivity index (χ2n) is 6.50. The van der Waals surface area contributed by atoms with E-state index in [-0.39, 0.29) is 4.90 Å². The van der Waals surface area contributed by atoms with Gasteiger partial charge < -0.3 is 4.74 Å². The van der Waals surface area contributed by atoms with Gasteiger partial charge in [-0.3, -0.25) is 4.18 Å². The van der Waals surface area contributed by atoms with Crippen LogP contribution in [0.3, 0.4) is 0 Å². The van der Waals surface area contributed by atoms with Gasteiger partial charge in [-0.15, -0.1) is 0 Å². The van der Waals surface area contributed by atoms with E-state index < -0.39 is 28.3 Å². The zero-order chi connectivity index (χ0) is 18.6. The molecule has 138 valence electrons. The minimum atomic E-state index is -3.90. The first-order chi connectivity index (χ1) is 12.5. The normalized spacial score (nSPS) is 20.5. The minimum Gasteiger partial charge on any atom is -0.456 e. The summed E-state index contributed by atoms with van der Waals surface area (Å²) in [5, 5.41) is 0. The zero-order valence-electron chi connectivity index (χ0n) is 14.6. The molecule has 1 fully saturated rings. The van der Waals surface area contributed by atoms with Crippen molar-refractivity contribution in [1.29, 1.82) is 0 Å². The van der Waals surface area contributed by atoms with E-state index in [2.05, 4.69) is 0 Å². The monoisotopic (exact) mass is 374 g/mol.